The Morgan fingerprint density at radius 3 is 2.50 bits per heavy atom. The molecule has 0 aliphatic rings. The fraction of sp³-hybridized carbons (Fsp3) is 0.158. The zero-order valence-electron chi connectivity index (χ0n) is 13.6. The molecule has 2 aromatic carbocycles. The Morgan fingerprint density at radius 1 is 1.04 bits per heavy atom. The van der Waals surface area contributed by atoms with Crippen LogP contribution in [0.4, 0.5) is 5.69 Å². The number of pyridine rings is 1. The second kappa shape index (κ2) is 6.58. The molecular weight excluding hydrogens is 304 g/mol. The molecule has 0 saturated heterocycles. The van der Waals surface area contributed by atoms with Crippen molar-refractivity contribution < 1.29 is 9.53 Å². The summed E-state index contributed by atoms with van der Waals surface area (Å²) < 4.78 is 5.61. The summed E-state index contributed by atoms with van der Waals surface area (Å²) in [6.07, 6.45) is 0. The van der Waals surface area contributed by atoms with Gasteiger partial charge >= 0.3 is 0 Å². The van der Waals surface area contributed by atoms with Gasteiger partial charge in [-0.2, -0.15) is 0 Å². The summed E-state index contributed by atoms with van der Waals surface area (Å²) in [5.74, 6) is 0.226. The Balaban J connectivity index is 1.75. The van der Waals surface area contributed by atoms with Crippen LogP contribution >= 0.6 is 0 Å². The maximum Gasteiger partial charge on any atom is 0.262 e. The van der Waals surface area contributed by atoms with E-state index in [0.29, 0.717) is 11.3 Å². The third-order valence-corrected chi connectivity index (χ3v) is 3.83. The third-order valence-electron chi connectivity index (χ3n) is 3.83. The highest BCUT2D eigenvalue weighted by Gasteiger charge is 2.09. The Labute approximate surface area is 139 Å². The third kappa shape index (κ3) is 3.30. The molecule has 2 N–H and O–H groups in total. The molecule has 0 fully saturated rings. The normalized spacial score (nSPS) is 10.6. The van der Waals surface area contributed by atoms with Gasteiger partial charge in [0, 0.05) is 17.1 Å². The first-order chi connectivity index (χ1) is 11.5. The molecule has 0 spiro atoms. The van der Waals surface area contributed by atoms with Crippen molar-refractivity contribution in [3.05, 3.63) is 70.0 Å². The highest BCUT2D eigenvalue weighted by molar-refractivity contribution is 5.93. The van der Waals surface area contributed by atoms with Crippen molar-refractivity contribution in [2.24, 2.45) is 0 Å². The van der Waals surface area contributed by atoms with Gasteiger partial charge in [0.15, 0.2) is 6.61 Å². The molecule has 0 aliphatic carbocycles. The van der Waals surface area contributed by atoms with Crippen LogP contribution in [0.2, 0.25) is 0 Å². The number of para-hydroxylation sites is 2. The standard InChI is InChI=1S/C19H18N2O3/c1-12-5-3-6-13(2)18(12)21-17(23)11-24-15-8-4-7-14-9-10-16(22)20-19(14)15/h3-10H,11H2,1-2H3,(H,20,22)(H,21,23). The number of aromatic amines is 1. The average Bonchev–Trinajstić information content (AvgIpc) is 2.56. The van der Waals surface area contributed by atoms with Gasteiger partial charge in [-0.1, -0.05) is 30.3 Å². The maximum absolute atomic E-state index is 12.2. The molecular formula is C19H18N2O3. The molecule has 0 unspecified atom stereocenters. The predicted octanol–water partition coefficient (Wildman–Crippen LogP) is 3.16. The summed E-state index contributed by atoms with van der Waals surface area (Å²) in [4.78, 5) is 26.4. The van der Waals surface area contributed by atoms with Gasteiger partial charge < -0.3 is 15.0 Å². The molecule has 3 rings (SSSR count). The minimum Gasteiger partial charge on any atom is -0.482 e. The topological polar surface area (TPSA) is 71.2 Å². The zero-order chi connectivity index (χ0) is 17.1. The van der Waals surface area contributed by atoms with Crippen LogP contribution in [0.1, 0.15) is 11.1 Å². The van der Waals surface area contributed by atoms with E-state index in [1.807, 2.05) is 44.2 Å². The highest BCUT2D eigenvalue weighted by atomic mass is 16.5. The molecule has 0 bridgehead atoms. The number of hydrogen-bond donors (Lipinski definition) is 2. The van der Waals surface area contributed by atoms with Crippen molar-refractivity contribution in [2.75, 3.05) is 11.9 Å². The van der Waals surface area contributed by atoms with Crippen LogP contribution in [-0.4, -0.2) is 17.5 Å². The van der Waals surface area contributed by atoms with Crippen molar-refractivity contribution in [3.8, 4) is 5.75 Å². The van der Waals surface area contributed by atoms with Crippen LogP contribution in [0.5, 0.6) is 5.75 Å². The van der Waals surface area contributed by atoms with Crippen LogP contribution in [0.25, 0.3) is 10.9 Å². The van der Waals surface area contributed by atoms with Crippen molar-refractivity contribution in [1.82, 2.24) is 4.98 Å². The Hall–Kier alpha value is -3.08. The van der Waals surface area contributed by atoms with E-state index in [1.165, 1.54) is 6.07 Å². The SMILES string of the molecule is Cc1cccc(C)c1NC(=O)COc1cccc2ccc(=O)[nH]c12. The first kappa shape index (κ1) is 15.8. The first-order valence-electron chi connectivity index (χ1n) is 7.65. The van der Waals surface area contributed by atoms with Gasteiger partial charge in [0.05, 0.1) is 5.52 Å². The van der Waals surface area contributed by atoms with Crippen LogP contribution in [0.3, 0.4) is 0 Å². The van der Waals surface area contributed by atoms with Gasteiger partial charge in [-0.25, -0.2) is 0 Å². The summed E-state index contributed by atoms with van der Waals surface area (Å²) in [6, 6.07) is 14.4. The molecule has 1 aromatic heterocycles. The van der Waals surface area contributed by atoms with Crippen LogP contribution in [-0.2, 0) is 4.79 Å². The number of H-pyrrole nitrogens is 1. The number of amides is 1. The molecule has 24 heavy (non-hydrogen) atoms. The van der Waals surface area contributed by atoms with Crippen molar-refractivity contribution in [1.29, 1.82) is 0 Å². The van der Waals surface area contributed by atoms with Crippen molar-refractivity contribution in [2.45, 2.75) is 13.8 Å². The minimum absolute atomic E-state index is 0.135. The fourth-order valence-corrected chi connectivity index (χ4v) is 2.60. The predicted molar refractivity (Wildman–Crippen MR) is 94.6 cm³/mol. The number of nitrogens with one attached hydrogen (secondary N) is 2. The number of carbonyl (C=O) groups is 1. The molecule has 1 amide bonds. The van der Waals surface area contributed by atoms with Gasteiger partial charge in [0.1, 0.15) is 5.75 Å². The molecule has 1 heterocycles. The lowest BCUT2D eigenvalue weighted by atomic mass is 10.1. The minimum atomic E-state index is -0.248. The number of aromatic nitrogens is 1. The number of ether oxygens (including phenoxy) is 1. The Kier molecular flexibility index (Phi) is 4.33. The number of carbonyl (C=O) groups excluding carboxylic acids is 1. The van der Waals surface area contributed by atoms with Gasteiger partial charge in [-0.3, -0.25) is 9.59 Å². The number of anilines is 1. The zero-order valence-corrected chi connectivity index (χ0v) is 13.6. The number of benzene rings is 2. The fourth-order valence-electron chi connectivity index (χ4n) is 2.60. The van der Waals surface area contributed by atoms with Crippen LogP contribution in [0.15, 0.2) is 53.3 Å². The van der Waals surface area contributed by atoms with E-state index in [-0.39, 0.29) is 18.1 Å². The van der Waals surface area contributed by atoms with E-state index in [1.54, 1.807) is 12.1 Å². The second-order valence-electron chi connectivity index (χ2n) is 5.65. The molecule has 5 nitrogen and oxygen atoms in total. The Bertz CT molecular complexity index is 940. The van der Waals surface area contributed by atoms with Crippen molar-refractivity contribution >= 4 is 22.5 Å². The molecule has 3 aromatic rings. The summed E-state index contributed by atoms with van der Waals surface area (Å²) in [7, 11) is 0. The molecule has 0 atom stereocenters. The van der Waals surface area contributed by atoms with E-state index in [0.717, 1.165) is 22.2 Å². The lowest BCUT2D eigenvalue weighted by Gasteiger charge is -2.12. The molecule has 0 saturated carbocycles. The highest BCUT2D eigenvalue weighted by Crippen LogP contribution is 2.22. The van der Waals surface area contributed by atoms with Gasteiger partial charge in [-0.15, -0.1) is 0 Å². The summed E-state index contributed by atoms with van der Waals surface area (Å²) >= 11 is 0. The van der Waals surface area contributed by atoms with Crippen LogP contribution in [0, 0.1) is 13.8 Å². The van der Waals surface area contributed by atoms with E-state index < -0.39 is 0 Å². The molecule has 5 heteroatoms. The maximum atomic E-state index is 12.2. The first-order valence-corrected chi connectivity index (χ1v) is 7.65. The molecule has 0 aliphatic heterocycles. The average molecular weight is 322 g/mol. The van der Waals surface area contributed by atoms with E-state index in [4.69, 9.17) is 4.74 Å². The molecule has 0 radical (unpaired) electrons. The Morgan fingerprint density at radius 2 is 1.75 bits per heavy atom. The quantitative estimate of drug-likeness (QED) is 0.775. The van der Waals surface area contributed by atoms with Gasteiger partial charge in [0.2, 0.25) is 5.56 Å². The summed E-state index contributed by atoms with van der Waals surface area (Å²) in [5.41, 5.74) is 3.18. The molecule has 122 valence electrons. The summed E-state index contributed by atoms with van der Waals surface area (Å²) in [6.45, 7) is 3.75. The smallest absolute Gasteiger partial charge is 0.262 e. The van der Waals surface area contributed by atoms with E-state index in [2.05, 4.69) is 10.3 Å². The van der Waals surface area contributed by atoms with Crippen molar-refractivity contribution in [3.63, 3.8) is 0 Å². The summed E-state index contributed by atoms with van der Waals surface area (Å²) in [5, 5.41) is 3.72. The van der Waals surface area contributed by atoms with E-state index in [9.17, 15) is 9.59 Å². The van der Waals surface area contributed by atoms with Gasteiger partial charge in [-0.05, 0) is 37.1 Å². The number of fused-ring (bicyclic) bond motifs is 1. The van der Waals surface area contributed by atoms with E-state index >= 15 is 0 Å². The largest absolute Gasteiger partial charge is 0.482 e. The second-order valence-corrected chi connectivity index (χ2v) is 5.65. The van der Waals surface area contributed by atoms with Gasteiger partial charge in [0.25, 0.3) is 5.91 Å². The monoisotopic (exact) mass is 322 g/mol. The lowest BCUT2D eigenvalue weighted by molar-refractivity contribution is -0.118. The number of rotatable bonds is 4. The number of aryl methyl sites for hydroxylation is 2. The number of hydrogen-bond acceptors (Lipinski definition) is 3. The lowest BCUT2D eigenvalue weighted by Crippen LogP contribution is -2.21. The van der Waals surface area contributed by atoms with Crippen LogP contribution < -0.4 is 15.6 Å².